The number of nitrogens with one attached hydrogen (secondary N) is 1. The van der Waals surface area contributed by atoms with E-state index in [1.54, 1.807) is 0 Å². The van der Waals surface area contributed by atoms with Crippen LogP contribution in [-0.4, -0.2) is 35.1 Å². The number of aliphatic hydroxyl groups is 1. The summed E-state index contributed by atoms with van der Waals surface area (Å²) in [6.07, 6.45) is 3.35. The van der Waals surface area contributed by atoms with Crippen molar-refractivity contribution >= 4 is 5.91 Å². The van der Waals surface area contributed by atoms with E-state index in [9.17, 15) is 9.90 Å². The molecule has 1 aliphatic carbocycles. The molecule has 1 amide bonds. The molecule has 1 aromatic carbocycles. The fourth-order valence-corrected chi connectivity index (χ4v) is 4.61. The standard InChI is InChI=1S/C21H32N2O2/c1-15-10-16(2)13-23(12-15)14-18-7-4-3-6-17(18)11-22-21(25)19-8-5-9-20(19)24/h3-4,6-7,15-16,19-20,24H,5,8-14H2,1-2H3,(H,22,25). The van der Waals surface area contributed by atoms with Crippen LogP contribution in [0.15, 0.2) is 24.3 Å². The molecule has 4 nitrogen and oxygen atoms in total. The third kappa shape index (κ3) is 4.83. The summed E-state index contributed by atoms with van der Waals surface area (Å²) >= 11 is 0. The lowest BCUT2D eigenvalue weighted by atomic mass is 9.91. The van der Waals surface area contributed by atoms with Gasteiger partial charge in [0.05, 0.1) is 12.0 Å². The third-order valence-corrected chi connectivity index (χ3v) is 5.73. The summed E-state index contributed by atoms with van der Waals surface area (Å²) in [5, 5.41) is 13.0. The number of piperidine rings is 1. The van der Waals surface area contributed by atoms with Gasteiger partial charge in [0.1, 0.15) is 0 Å². The Bertz CT molecular complexity index is 579. The van der Waals surface area contributed by atoms with E-state index < -0.39 is 6.10 Å². The maximum Gasteiger partial charge on any atom is 0.225 e. The number of hydrogen-bond acceptors (Lipinski definition) is 3. The van der Waals surface area contributed by atoms with Gasteiger partial charge in [0, 0.05) is 26.2 Å². The molecule has 1 aromatic rings. The molecule has 2 aliphatic rings. The molecular formula is C21H32N2O2. The highest BCUT2D eigenvalue weighted by Crippen LogP contribution is 2.26. The minimum atomic E-state index is -0.466. The average Bonchev–Trinajstić information content (AvgIpc) is 2.99. The van der Waals surface area contributed by atoms with Crippen LogP contribution < -0.4 is 5.32 Å². The van der Waals surface area contributed by atoms with Crippen LogP contribution >= 0.6 is 0 Å². The quantitative estimate of drug-likeness (QED) is 0.863. The molecule has 1 aliphatic heterocycles. The smallest absolute Gasteiger partial charge is 0.225 e. The van der Waals surface area contributed by atoms with Gasteiger partial charge in [0.15, 0.2) is 0 Å². The van der Waals surface area contributed by atoms with E-state index in [2.05, 4.69) is 42.3 Å². The number of nitrogens with zero attached hydrogens (tertiary/aromatic N) is 1. The van der Waals surface area contributed by atoms with Gasteiger partial charge in [-0.2, -0.15) is 0 Å². The van der Waals surface area contributed by atoms with Gasteiger partial charge in [0.2, 0.25) is 5.91 Å². The fraction of sp³-hybridized carbons (Fsp3) is 0.667. The fourth-order valence-electron chi connectivity index (χ4n) is 4.61. The maximum atomic E-state index is 12.3. The predicted molar refractivity (Wildman–Crippen MR) is 99.9 cm³/mol. The lowest BCUT2D eigenvalue weighted by molar-refractivity contribution is -0.127. The zero-order chi connectivity index (χ0) is 17.8. The average molecular weight is 344 g/mol. The lowest BCUT2D eigenvalue weighted by Gasteiger charge is -2.35. The third-order valence-electron chi connectivity index (χ3n) is 5.73. The Labute approximate surface area is 151 Å². The Hall–Kier alpha value is -1.39. The van der Waals surface area contributed by atoms with E-state index >= 15 is 0 Å². The summed E-state index contributed by atoms with van der Waals surface area (Å²) < 4.78 is 0. The number of carbonyl (C=O) groups is 1. The van der Waals surface area contributed by atoms with E-state index in [1.807, 2.05) is 6.07 Å². The van der Waals surface area contributed by atoms with Crippen molar-refractivity contribution in [3.05, 3.63) is 35.4 Å². The molecule has 4 atom stereocenters. The summed E-state index contributed by atoms with van der Waals surface area (Å²) in [4.78, 5) is 14.9. The second-order valence-corrected chi connectivity index (χ2v) is 8.23. The summed E-state index contributed by atoms with van der Waals surface area (Å²) in [5.74, 6) is 1.27. The number of benzene rings is 1. The highest BCUT2D eigenvalue weighted by atomic mass is 16.3. The lowest BCUT2D eigenvalue weighted by Crippen LogP contribution is -2.38. The molecule has 0 radical (unpaired) electrons. The minimum Gasteiger partial charge on any atom is -0.392 e. The molecule has 2 N–H and O–H groups in total. The number of hydrogen-bond donors (Lipinski definition) is 2. The summed E-state index contributed by atoms with van der Waals surface area (Å²) in [6.45, 7) is 8.48. The van der Waals surface area contributed by atoms with Crippen molar-refractivity contribution in [2.45, 2.75) is 58.7 Å². The molecule has 3 rings (SSSR count). The van der Waals surface area contributed by atoms with Crippen LogP contribution in [0.5, 0.6) is 0 Å². The zero-order valence-corrected chi connectivity index (χ0v) is 15.6. The molecule has 25 heavy (non-hydrogen) atoms. The molecular weight excluding hydrogens is 312 g/mol. The van der Waals surface area contributed by atoms with Crippen LogP contribution in [0.4, 0.5) is 0 Å². The molecule has 2 fully saturated rings. The summed E-state index contributed by atoms with van der Waals surface area (Å²) in [6, 6.07) is 8.41. The largest absolute Gasteiger partial charge is 0.392 e. The van der Waals surface area contributed by atoms with Crippen molar-refractivity contribution < 1.29 is 9.90 Å². The van der Waals surface area contributed by atoms with E-state index in [0.29, 0.717) is 6.54 Å². The Morgan fingerprint density at radius 3 is 2.48 bits per heavy atom. The monoisotopic (exact) mass is 344 g/mol. The Morgan fingerprint density at radius 2 is 1.84 bits per heavy atom. The highest BCUT2D eigenvalue weighted by molar-refractivity contribution is 5.79. The van der Waals surface area contributed by atoms with Gasteiger partial charge in [-0.05, 0) is 48.6 Å². The zero-order valence-electron chi connectivity index (χ0n) is 15.6. The Kier molecular flexibility index (Phi) is 6.13. The first-order valence-corrected chi connectivity index (χ1v) is 9.78. The van der Waals surface area contributed by atoms with Gasteiger partial charge >= 0.3 is 0 Å². The molecule has 1 saturated heterocycles. The van der Waals surface area contributed by atoms with E-state index in [1.165, 1.54) is 17.5 Å². The van der Waals surface area contributed by atoms with Gasteiger partial charge in [-0.1, -0.05) is 38.1 Å². The van der Waals surface area contributed by atoms with Gasteiger partial charge in [-0.25, -0.2) is 0 Å². The van der Waals surface area contributed by atoms with Gasteiger partial charge < -0.3 is 10.4 Å². The number of carbonyl (C=O) groups excluding carboxylic acids is 1. The van der Waals surface area contributed by atoms with Gasteiger partial charge in [-0.3, -0.25) is 9.69 Å². The molecule has 4 heteroatoms. The maximum absolute atomic E-state index is 12.3. The van der Waals surface area contributed by atoms with Crippen molar-refractivity contribution in [1.82, 2.24) is 10.2 Å². The van der Waals surface area contributed by atoms with Crippen molar-refractivity contribution in [1.29, 1.82) is 0 Å². The van der Waals surface area contributed by atoms with Crippen LogP contribution in [0.25, 0.3) is 0 Å². The van der Waals surface area contributed by atoms with Gasteiger partial charge in [-0.15, -0.1) is 0 Å². The number of aliphatic hydroxyl groups excluding tert-OH is 1. The SMILES string of the molecule is CC1CC(C)CN(Cc2ccccc2CNC(=O)C2CCCC2O)C1. The Morgan fingerprint density at radius 1 is 1.16 bits per heavy atom. The molecule has 0 spiro atoms. The number of amides is 1. The summed E-state index contributed by atoms with van der Waals surface area (Å²) in [5.41, 5.74) is 2.49. The topological polar surface area (TPSA) is 52.6 Å². The highest BCUT2D eigenvalue weighted by Gasteiger charge is 2.31. The summed E-state index contributed by atoms with van der Waals surface area (Å²) in [7, 11) is 0. The molecule has 4 unspecified atom stereocenters. The molecule has 1 saturated carbocycles. The number of likely N-dealkylation sites (tertiary alicyclic amines) is 1. The van der Waals surface area contributed by atoms with Crippen LogP contribution in [-0.2, 0) is 17.9 Å². The van der Waals surface area contributed by atoms with E-state index in [4.69, 9.17) is 0 Å². The van der Waals surface area contributed by atoms with Crippen molar-refractivity contribution in [3.63, 3.8) is 0 Å². The van der Waals surface area contributed by atoms with Crippen LogP contribution in [0.1, 0.15) is 50.7 Å². The second kappa shape index (κ2) is 8.33. The van der Waals surface area contributed by atoms with Gasteiger partial charge in [0.25, 0.3) is 0 Å². The predicted octanol–water partition coefficient (Wildman–Crippen LogP) is 2.94. The van der Waals surface area contributed by atoms with Crippen LogP contribution in [0.2, 0.25) is 0 Å². The normalized spacial score (nSPS) is 30.4. The molecule has 138 valence electrons. The van der Waals surface area contributed by atoms with Crippen molar-refractivity contribution in [3.8, 4) is 0 Å². The van der Waals surface area contributed by atoms with Crippen LogP contribution in [0.3, 0.4) is 0 Å². The minimum absolute atomic E-state index is 0.0000185. The molecule has 1 heterocycles. The first kappa shape index (κ1) is 18.4. The first-order chi connectivity index (χ1) is 12.0. The first-order valence-electron chi connectivity index (χ1n) is 9.78. The Balaban J connectivity index is 1.60. The van der Waals surface area contributed by atoms with E-state index in [0.717, 1.165) is 50.7 Å². The van der Waals surface area contributed by atoms with Crippen LogP contribution in [0, 0.1) is 17.8 Å². The number of rotatable bonds is 5. The van der Waals surface area contributed by atoms with Crippen molar-refractivity contribution in [2.24, 2.45) is 17.8 Å². The second-order valence-electron chi connectivity index (χ2n) is 8.23. The van der Waals surface area contributed by atoms with Crippen molar-refractivity contribution in [2.75, 3.05) is 13.1 Å². The molecule has 0 aromatic heterocycles. The molecule has 0 bridgehead atoms. The van der Waals surface area contributed by atoms with E-state index in [-0.39, 0.29) is 11.8 Å².